The van der Waals surface area contributed by atoms with Gasteiger partial charge in [0.2, 0.25) is 0 Å². The fourth-order valence-corrected chi connectivity index (χ4v) is 5.59. The minimum atomic E-state index is 0.410. The van der Waals surface area contributed by atoms with Gasteiger partial charge < -0.3 is 14.4 Å². The summed E-state index contributed by atoms with van der Waals surface area (Å²) in [5.74, 6) is 1.86. The number of para-hydroxylation sites is 1. The van der Waals surface area contributed by atoms with Crippen LogP contribution in [0, 0.1) is 5.92 Å². The summed E-state index contributed by atoms with van der Waals surface area (Å²) in [7, 11) is 0. The molecule has 3 aliphatic rings. The molecule has 1 aliphatic carbocycles. The van der Waals surface area contributed by atoms with Gasteiger partial charge >= 0.3 is 0 Å². The first-order valence-corrected chi connectivity index (χ1v) is 12.1. The molecule has 4 rings (SSSR count). The summed E-state index contributed by atoms with van der Waals surface area (Å²) in [6.45, 7) is 9.56. The Labute approximate surface area is 177 Å². The van der Waals surface area contributed by atoms with Crippen LogP contribution in [0.2, 0.25) is 0 Å². The van der Waals surface area contributed by atoms with E-state index in [1.807, 2.05) is 0 Å². The van der Waals surface area contributed by atoms with E-state index in [0.29, 0.717) is 6.10 Å². The number of ether oxygens (including phenoxy) is 2. The van der Waals surface area contributed by atoms with E-state index in [2.05, 4.69) is 41.0 Å². The van der Waals surface area contributed by atoms with E-state index in [4.69, 9.17) is 9.47 Å². The highest BCUT2D eigenvalue weighted by Gasteiger charge is 2.29. The number of rotatable bonds is 9. The fraction of sp³-hybridized carbons (Fsp3) is 0.760. The molecule has 4 nitrogen and oxygen atoms in total. The van der Waals surface area contributed by atoms with E-state index >= 15 is 0 Å². The van der Waals surface area contributed by atoms with Crippen molar-refractivity contribution in [3.8, 4) is 5.75 Å². The van der Waals surface area contributed by atoms with Crippen LogP contribution < -0.4 is 4.74 Å². The van der Waals surface area contributed by atoms with Gasteiger partial charge in [0, 0.05) is 37.8 Å². The van der Waals surface area contributed by atoms with Gasteiger partial charge in [-0.05, 0) is 70.5 Å². The van der Waals surface area contributed by atoms with Gasteiger partial charge in [-0.1, -0.05) is 31.0 Å². The van der Waals surface area contributed by atoms with Crippen molar-refractivity contribution < 1.29 is 9.47 Å². The van der Waals surface area contributed by atoms with Gasteiger partial charge in [-0.3, -0.25) is 4.90 Å². The van der Waals surface area contributed by atoms with Crippen LogP contribution in [0.1, 0.15) is 63.9 Å². The van der Waals surface area contributed by atoms with Gasteiger partial charge in [-0.2, -0.15) is 0 Å². The minimum absolute atomic E-state index is 0.410. The van der Waals surface area contributed by atoms with Gasteiger partial charge in [0.1, 0.15) is 5.75 Å². The lowest BCUT2D eigenvalue weighted by Crippen LogP contribution is -2.43. The summed E-state index contributed by atoms with van der Waals surface area (Å²) in [4.78, 5) is 5.45. The number of hydrogen-bond acceptors (Lipinski definition) is 4. The topological polar surface area (TPSA) is 24.9 Å². The minimum Gasteiger partial charge on any atom is -0.494 e. The quantitative estimate of drug-likeness (QED) is 0.599. The van der Waals surface area contributed by atoms with Gasteiger partial charge in [0.25, 0.3) is 0 Å². The monoisotopic (exact) mass is 400 g/mol. The van der Waals surface area contributed by atoms with E-state index in [-0.39, 0.29) is 0 Å². The maximum atomic E-state index is 5.99. The Balaban J connectivity index is 1.35. The van der Waals surface area contributed by atoms with Crippen molar-refractivity contribution in [1.82, 2.24) is 9.80 Å². The maximum Gasteiger partial charge on any atom is 0.123 e. The molecule has 162 valence electrons. The van der Waals surface area contributed by atoms with Crippen LogP contribution >= 0.6 is 0 Å². The predicted molar refractivity (Wildman–Crippen MR) is 118 cm³/mol. The van der Waals surface area contributed by atoms with Crippen molar-refractivity contribution in [2.45, 2.75) is 77.0 Å². The Morgan fingerprint density at radius 1 is 1.00 bits per heavy atom. The second-order valence-corrected chi connectivity index (χ2v) is 9.29. The van der Waals surface area contributed by atoms with Crippen molar-refractivity contribution in [2.24, 2.45) is 5.92 Å². The molecule has 2 saturated heterocycles. The van der Waals surface area contributed by atoms with Crippen LogP contribution in [0.25, 0.3) is 0 Å². The van der Waals surface area contributed by atoms with E-state index in [9.17, 15) is 0 Å². The van der Waals surface area contributed by atoms with Gasteiger partial charge in [-0.25, -0.2) is 0 Å². The lowest BCUT2D eigenvalue weighted by Gasteiger charge is -2.38. The number of hydrogen-bond donors (Lipinski definition) is 0. The summed E-state index contributed by atoms with van der Waals surface area (Å²) in [6, 6.07) is 9.45. The highest BCUT2D eigenvalue weighted by atomic mass is 16.5. The Morgan fingerprint density at radius 3 is 2.52 bits per heavy atom. The third-order valence-corrected chi connectivity index (χ3v) is 7.16. The van der Waals surface area contributed by atoms with Crippen LogP contribution in [0.4, 0.5) is 0 Å². The smallest absolute Gasteiger partial charge is 0.123 e. The Kier molecular flexibility index (Phi) is 7.87. The van der Waals surface area contributed by atoms with Crippen molar-refractivity contribution in [2.75, 3.05) is 39.4 Å². The summed E-state index contributed by atoms with van der Waals surface area (Å²) in [5.41, 5.74) is 1.32. The molecule has 0 N–H and O–H groups in total. The fourth-order valence-electron chi connectivity index (χ4n) is 5.59. The van der Waals surface area contributed by atoms with Crippen LogP contribution in [-0.2, 0) is 11.3 Å². The molecule has 1 unspecified atom stereocenters. The first-order chi connectivity index (χ1) is 14.3. The van der Waals surface area contributed by atoms with Crippen molar-refractivity contribution in [1.29, 1.82) is 0 Å². The van der Waals surface area contributed by atoms with Crippen LogP contribution in [0.3, 0.4) is 0 Å². The molecular weight excluding hydrogens is 360 g/mol. The molecule has 0 aromatic heterocycles. The predicted octanol–water partition coefficient (Wildman–Crippen LogP) is 4.72. The molecule has 3 fully saturated rings. The van der Waals surface area contributed by atoms with Crippen LogP contribution in [-0.4, -0.2) is 61.3 Å². The zero-order valence-electron chi connectivity index (χ0n) is 18.4. The summed E-state index contributed by atoms with van der Waals surface area (Å²) >= 11 is 0. The first-order valence-electron chi connectivity index (χ1n) is 12.1. The zero-order valence-corrected chi connectivity index (χ0v) is 18.4. The Bertz CT molecular complexity index is 603. The highest BCUT2D eigenvalue weighted by Crippen LogP contribution is 2.29. The van der Waals surface area contributed by atoms with Gasteiger partial charge in [0.15, 0.2) is 0 Å². The lowest BCUT2D eigenvalue weighted by atomic mass is 9.94. The highest BCUT2D eigenvalue weighted by molar-refractivity contribution is 5.33. The average Bonchev–Trinajstić information content (AvgIpc) is 3.44. The molecule has 1 saturated carbocycles. The second-order valence-electron chi connectivity index (χ2n) is 9.29. The third kappa shape index (κ3) is 5.96. The molecule has 2 aliphatic heterocycles. The molecule has 29 heavy (non-hydrogen) atoms. The Morgan fingerprint density at radius 2 is 1.79 bits per heavy atom. The Hall–Kier alpha value is -1.10. The first kappa shape index (κ1) is 21.1. The molecule has 1 aromatic rings. The molecule has 0 bridgehead atoms. The third-order valence-electron chi connectivity index (χ3n) is 7.16. The van der Waals surface area contributed by atoms with Crippen molar-refractivity contribution >= 4 is 0 Å². The normalized spacial score (nSPS) is 24.6. The molecule has 0 radical (unpaired) electrons. The van der Waals surface area contributed by atoms with E-state index in [0.717, 1.165) is 44.0 Å². The van der Waals surface area contributed by atoms with Gasteiger partial charge in [-0.15, -0.1) is 0 Å². The SMILES string of the molecule is CCOc1ccccc1CN(CC1CCN(C2CCCC2)CC1)CC1CCCO1. The molecule has 4 heteroatoms. The van der Waals surface area contributed by atoms with E-state index < -0.39 is 0 Å². The molecule has 0 amide bonds. The number of piperidine rings is 1. The molecule has 0 spiro atoms. The van der Waals surface area contributed by atoms with Crippen molar-refractivity contribution in [3.63, 3.8) is 0 Å². The summed E-state index contributed by atoms with van der Waals surface area (Å²) < 4.78 is 11.9. The van der Waals surface area contributed by atoms with E-state index in [1.165, 1.54) is 76.6 Å². The zero-order chi connectivity index (χ0) is 19.9. The van der Waals surface area contributed by atoms with E-state index in [1.54, 1.807) is 0 Å². The number of nitrogens with zero attached hydrogens (tertiary/aromatic N) is 2. The second kappa shape index (κ2) is 10.8. The largest absolute Gasteiger partial charge is 0.494 e. The molecule has 1 atom stereocenters. The molecular formula is C25H40N2O2. The van der Waals surface area contributed by atoms with Crippen LogP contribution in [0.5, 0.6) is 5.75 Å². The lowest BCUT2D eigenvalue weighted by molar-refractivity contribution is 0.0536. The number of benzene rings is 1. The average molecular weight is 401 g/mol. The van der Waals surface area contributed by atoms with Crippen LogP contribution in [0.15, 0.2) is 24.3 Å². The van der Waals surface area contributed by atoms with Crippen molar-refractivity contribution in [3.05, 3.63) is 29.8 Å². The maximum absolute atomic E-state index is 5.99. The standard InChI is InChI=1S/C25H40N2O2/c1-2-28-25-12-6-3-8-22(25)19-26(20-24-11-7-17-29-24)18-21-13-15-27(16-14-21)23-9-4-5-10-23/h3,6,8,12,21,23-24H,2,4-5,7,9-11,13-20H2,1H3. The molecule has 1 aromatic carbocycles. The molecule has 2 heterocycles. The van der Waals surface area contributed by atoms with Gasteiger partial charge in [0.05, 0.1) is 12.7 Å². The summed E-state index contributed by atoms with van der Waals surface area (Å²) in [5, 5.41) is 0. The number of likely N-dealkylation sites (tertiary alicyclic amines) is 1. The summed E-state index contributed by atoms with van der Waals surface area (Å²) in [6.07, 6.45) is 11.3.